The number of hydrogen-bond donors (Lipinski definition) is 0. The Balaban J connectivity index is 1.82. The minimum absolute atomic E-state index is 0.0631. The molecule has 0 radical (unpaired) electrons. The SMILES string of the molecule is C#CCOc1c(I)cc(Br)cc1/C=c1\sc2n(c1=O)[C@@H](c1ccc(F)cc1)C(C(=O)OCC)=C(c1ccccc1)N=2. The first-order chi connectivity index (χ1) is 19.8. The minimum atomic E-state index is -0.900. The van der Waals surface area contributed by atoms with Gasteiger partial charge >= 0.3 is 5.97 Å². The summed E-state index contributed by atoms with van der Waals surface area (Å²) in [5.74, 6) is 1.97. The van der Waals surface area contributed by atoms with E-state index in [1.54, 1.807) is 25.1 Å². The molecule has 4 aromatic rings. The Kier molecular flexibility index (Phi) is 8.87. The van der Waals surface area contributed by atoms with Crippen LogP contribution in [0.2, 0.25) is 0 Å². The van der Waals surface area contributed by atoms with E-state index in [-0.39, 0.29) is 24.3 Å². The van der Waals surface area contributed by atoms with Crippen LogP contribution in [0.4, 0.5) is 4.39 Å². The number of carbonyl (C=O) groups excluding carboxylic acids is 1. The molecule has 0 aliphatic carbocycles. The third kappa shape index (κ3) is 5.93. The Labute approximate surface area is 261 Å². The number of carbonyl (C=O) groups is 1. The number of esters is 1. The number of fused-ring (bicyclic) bond motifs is 1. The van der Waals surface area contributed by atoms with Gasteiger partial charge in [0, 0.05) is 15.6 Å². The fourth-order valence-corrected chi connectivity index (χ4v) is 7.19. The van der Waals surface area contributed by atoms with E-state index in [0.717, 1.165) is 8.04 Å². The molecule has 6 nitrogen and oxygen atoms in total. The lowest BCUT2D eigenvalue weighted by Gasteiger charge is -2.25. The summed E-state index contributed by atoms with van der Waals surface area (Å²) in [6, 6.07) is 17.8. The lowest BCUT2D eigenvalue weighted by Crippen LogP contribution is -2.40. The number of aromatic nitrogens is 1. The predicted octanol–water partition coefficient (Wildman–Crippen LogP) is 5.45. The zero-order valence-electron chi connectivity index (χ0n) is 21.6. The van der Waals surface area contributed by atoms with Gasteiger partial charge in [0.15, 0.2) is 4.80 Å². The zero-order valence-corrected chi connectivity index (χ0v) is 26.1. The molecule has 0 spiro atoms. The Bertz CT molecular complexity index is 1890. The van der Waals surface area contributed by atoms with Crippen molar-refractivity contribution in [2.45, 2.75) is 13.0 Å². The molecule has 41 heavy (non-hydrogen) atoms. The van der Waals surface area contributed by atoms with Crippen LogP contribution in [0.5, 0.6) is 5.75 Å². The highest BCUT2D eigenvalue weighted by atomic mass is 127. The molecule has 3 aromatic carbocycles. The van der Waals surface area contributed by atoms with Crippen molar-refractivity contribution in [3.05, 3.63) is 123 Å². The smallest absolute Gasteiger partial charge is 0.338 e. The lowest BCUT2D eigenvalue weighted by molar-refractivity contribution is -0.138. The van der Waals surface area contributed by atoms with E-state index in [2.05, 4.69) is 44.4 Å². The van der Waals surface area contributed by atoms with Gasteiger partial charge in [0.25, 0.3) is 5.56 Å². The standard InChI is InChI=1S/C31H21BrFIN2O4S/c1-3-14-40-28-20(15-21(32)17-23(28)34)16-24-29(37)36-27(19-10-12-22(33)13-11-19)25(30(38)39-4-2)26(35-31(36)41-24)18-8-6-5-7-9-18/h1,5-13,15-17,27H,4,14H2,2H3/b24-16-/t27-/m0/s1. The Morgan fingerprint density at radius 2 is 1.95 bits per heavy atom. The number of rotatable bonds is 7. The third-order valence-electron chi connectivity index (χ3n) is 6.18. The van der Waals surface area contributed by atoms with Gasteiger partial charge in [0.1, 0.15) is 18.2 Å². The average molecular weight is 743 g/mol. The topological polar surface area (TPSA) is 69.9 Å². The van der Waals surface area contributed by atoms with Crippen molar-refractivity contribution in [2.24, 2.45) is 4.99 Å². The van der Waals surface area contributed by atoms with Gasteiger partial charge in [-0.05, 0) is 65.4 Å². The van der Waals surface area contributed by atoms with Crippen LogP contribution in [-0.2, 0) is 9.53 Å². The van der Waals surface area contributed by atoms with E-state index in [1.165, 1.54) is 28.0 Å². The quantitative estimate of drug-likeness (QED) is 0.144. The summed E-state index contributed by atoms with van der Waals surface area (Å²) in [5.41, 5.74) is 2.09. The van der Waals surface area contributed by atoms with Gasteiger partial charge in [-0.1, -0.05) is 75.7 Å². The summed E-state index contributed by atoms with van der Waals surface area (Å²) in [5, 5.41) is 0. The Morgan fingerprint density at radius 3 is 2.63 bits per heavy atom. The monoisotopic (exact) mass is 742 g/mol. The molecule has 206 valence electrons. The van der Waals surface area contributed by atoms with E-state index in [1.807, 2.05) is 42.5 Å². The number of terminal acetylenes is 1. The summed E-state index contributed by atoms with van der Waals surface area (Å²) < 4.78 is 28.7. The molecule has 0 amide bonds. The van der Waals surface area contributed by atoms with Gasteiger partial charge in [-0.2, -0.15) is 0 Å². The summed E-state index contributed by atoms with van der Waals surface area (Å²) >= 11 is 6.85. The number of nitrogens with zero attached hydrogens (tertiary/aromatic N) is 2. The number of hydrogen-bond acceptors (Lipinski definition) is 6. The highest BCUT2D eigenvalue weighted by molar-refractivity contribution is 14.1. The molecule has 1 aliphatic rings. The van der Waals surface area contributed by atoms with Gasteiger partial charge in [-0.15, -0.1) is 6.42 Å². The van der Waals surface area contributed by atoms with E-state index < -0.39 is 17.8 Å². The number of benzene rings is 3. The van der Waals surface area contributed by atoms with E-state index >= 15 is 0 Å². The Morgan fingerprint density at radius 1 is 1.22 bits per heavy atom. The molecule has 5 rings (SSSR count). The molecule has 2 heterocycles. The molecule has 1 aromatic heterocycles. The van der Waals surface area contributed by atoms with Crippen molar-refractivity contribution in [3.8, 4) is 18.1 Å². The van der Waals surface area contributed by atoms with Crippen molar-refractivity contribution in [1.29, 1.82) is 0 Å². The van der Waals surface area contributed by atoms with E-state index in [4.69, 9.17) is 20.9 Å². The molecule has 0 N–H and O–H groups in total. The molecule has 1 aliphatic heterocycles. The van der Waals surface area contributed by atoms with Gasteiger partial charge < -0.3 is 9.47 Å². The molecule has 0 fully saturated rings. The molecule has 0 saturated carbocycles. The van der Waals surface area contributed by atoms with Crippen LogP contribution in [0.1, 0.15) is 29.7 Å². The first-order valence-corrected chi connectivity index (χ1v) is 15.1. The van der Waals surface area contributed by atoms with Crippen LogP contribution in [0, 0.1) is 21.7 Å². The molecule has 10 heteroatoms. The van der Waals surface area contributed by atoms with Crippen LogP contribution < -0.4 is 19.6 Å². The number of thiazole rings is 1. The summed E-state index contributed by atoms with van der Waals surface area (Å²) in [6.45, 7) is 1.91. The third-order valence-corrected chi connectivity index (χ3v) is 8.43. The van der Waals surface area contributed by atoms with Crippen molar-refractivity contribution < 1.29 is 18.7 Å². The van der Waals surface area contributed by atoms with Crippen LogP contribution in [0.15, 0.2) is 86.6 Å². The van der Waals surface area contributed by atoms with Crippen molar-refractivity contribution in [2.75, 3.05) is 13.2 Å². The van der Waals surface area contributed by atoms with Crippen molar-refractivity contribution in [1.82, 2.24) is 4.57 Å². The highest BCUT2D eigenvalue weighted by Crippen LogP contribution is 2.35. The lowest BCUT2D eigenvalue weighted by atomic mass is 9.93. The van der Waals surface area contributed by atoms with E-state index in [9.17, 15) is 14.0 Å². The normalized spacial score (nSPS) is 14.7. The maximum atomic E-state index is 14.1. The highest BCUT2D eigenvalue weighted by Gasteiger charge is 2.35. The van der Waals surface area contributed by atoms with Crippen molar-refractivity contribution in [3.63, 3.8) is 0 Å². The largest absolute Gasteiger partial charge is 0.479 e. The van der Waals surface area contributed by atoms with Crippen molar-refractivity contribution >= 4 is 67.6 Å². The van der Waals surface area contributed by atoms with Gasteiger partial charge in [0.2, 0.25) is 0 Å². The minimum Gasteiger partial charge on any atom is -0.479 e. The van der Waals surface area contributed by atoms with Gasteiger partial charge in [-0.3, -0.25) is 9.36 Å². The molecule has 0 saturated heterocycles. The van der Waals surface area contributed by atoms with Crippen LogP contribution in [-0.4, -0.2) is 23.8 Å². The molecule has 1 atom stereocenters. The molecule has 0 unspecified atom stereocenters. The maximum Gasteiger partial charge on any atom is 0.338 e. The predicted molar refractivity (Wildman–Crippen MR) is 169 cm³/mol. The van der Waals surface area contributed by atoms with Crippen LogP contribution in [0.3, 0.4) is 0 Å². The number of halogens is 3. The van der Waals surface area contributed by atoms with E-state index in [0.29, 0.717) is 37.5 Å². The first kappa shape index (κ1) is 29.0. The maximum absolute atomic E-state index is 14.1. The summed E-state index contributed by atoms with van der Waals surface area (Å²) in [4.78, 5) is 32.8. The van der Waals surface area contributed by atoms with Crippen LogP contribution in [0.25, 0.3) is 11.8 Å². The van der Waals surface area contributed by atoms with Gasteiger partial charge in [0.05, 0.1) is 32.0 Å². The second kappa shape index (κ2) is 12.5. The average Bonchev–Trinajstić information content (AvgIpc) is 3.27. The first-order valence-electron chi connectivity index (χ1n) is 12.4. The Hall–Kier alpha value is -3.53. The molecular formula is C31H21BrFIN2O4S. The van der Waals surface area contributed by atoms with Gasteiger partial charge in [-0.25, -0.2) is 14.2 Å². The molecular weight excluding hydrogens is 722 g/mol. The fraction of sp³-hybridized carbons (Fsp3) is 0.129. The number of ether oxygens (including phenoxy) is 2. The second-order valence-corrected chi connectivity index (χ2v) is 11.9. The fourth-order valence-electron chi connectivity index (χ4n) is 4.50. The zero-order chi connectivity index (χ0) is 29.1. The molecule has 0 bridgehead atoms. The van der Waals surface area contributed by atoms with Crippen LogP contribution >= 0.6 is 49.9 Å². The summed E-state index contributed by atoms with van der Waals surface area (Å²) in [7, 11) is 0. The second-order valence-electron chi connectivity index (χ2n) is 8.78. The summed E-state index contributed by atoms with van der Waals surface area (Å²) in [6.07, 6.45) is 7.15.